The van der Waals surface area contributed by atoms with Gasteiger partial charge < -0.3 is 9.67 Å². The van der Waals surface area contributed by atoms with E-state index in [1.807, 2.05) is 30.3 Å². The van der Waals surface area contributed by atoms with Gasteiger partial charge in [0.25, 0.3) is 0 Å². The van der Waals surface area contributed by atoms with Crippen molar-refractivity contribution < 1.29 is 5.11 Å². The molecule has 0 radical (unpaired) electrons. The number of hydrogen-bond donors (Lipinski definition) is 1. The number of imidazole rings is 1. The van der Waals surface area contributed by atoms with Crippen LogP contribution in [0.15, 0.2) is 48.8 Å². The number of fused-ring (bicyclic) bond motifs is 1. The number of rotatable bonds is 5. The van der Waals surface area contributed by atoms with Crippen LogP contribution in [-0.2, 0) is 19.4 Å². The molecule has 1 atom stereocenters. The normalized spacial score (nSPS) is 12.7. The molecular weight excluding hydrogens is 262 g/mol. The molecule has 1 unspecified atom stereocenters. The number of pyridine rings is 1. The van der Waals surface area contributed by atoms with Crippen LogP contribution < -0.4 is 0 Å². The van der Waals surface area contributed by atoms with Crippen molar-refractivity contribution in [1.82, 2.24) is 14.5 Å². The molecular formula is C17H19N3O. The van der Waals surface area contributed by atoms with E-state index in [0.29, 0.717) is 12.8 Å². The molecule has 4 heteroatoms. The van der Waals surface area contributed by atoms with Gasteiger partial charge in [-0.1, -0.05) is 12.1 Å². The molecule has 108 valence electrons. The fourth-order valence-corrected chi connectivity index (χ4v) is 2.71. The van der Waals surface area contributed by atoms with Gasteiger partial charge in [-0.25, -0.2) is 4.98 Å². The highest BCUT2D eigenvalue weighted by molar-refractivity contribution is 5.75. The van der Waals surface area contributed by atoms with Gasteiger partial charge in [0.15, 0.2) is 0 Å². The molecule has 2 heterocycles. The number of para-hydroxylation sites is 2. The van der Waals surface area contributed by atoms with Gasteiger partial charge in [-0.3, -0.25) is 4.98 Å². The van der Waals surface area contributed by atoms with Crippen molar-refractivity contribution in [3.63, 3.8) is 0 Å². The van der Waals surface area contributed by atoms with Crippen molar-refractivity contribution in [2.45, 2.75) is 32.4 Å². The number of aliphatic hydroxyl groups excluding tert-OH is 1. The van der Waals surface area contributed by atoms with E-state index in [9.17, 15) is 5.11 Å². The first-order valence-electron chi connectivity index (χ1n) is 7.29. The summed E-state index contributed by atoms with van der Waals surface area (Å²) in [4.78, 5) is 8.65. The summed E-state index contributed by atoms with van der Waals surface area (Å²) in [7, 11) is 0. The third-order valence-electron chi connectivity index (χ3n) is 3.69. The molecule has 0 bridgehead atoms. The monoisotopic (exact) mass is 281 g/mol. The van der Waals surface area contributed by atoms with Gasteiger partial charge in [0.1, 0.15) is 5.82 Å². The lowest BCUT2D eigenvalue weighted by molar-refractivity contribution is 0.172. The molecule has 0 aliphatic heterocycles. The van der Waals surface area contributed by atoms with Crippen LogP contribution >= 0.6 is 0 Å². The molecule has 0 amide bonds. The molecule has 0 aliphatic carbocycles. The van der Waals surface area contributed by atoms with Gasteiger partial charge in [0.2, 0.25) is 0 Å². The summed E-state index contributed by atoms with van der Waals surface area (Å²) in [5, 5.41) is 10.3. The first-order valence-corrected chi connectivity index (χ1v) is 7.29. The van der Waals surface area contributed by atoms with Crippen LogP contribution in [-0.4, -0.2) is 25.7 Å². The highest BCUT2D eigenvalue weighted by Crippen LogP contribution is 2.17. The molecule has 1 N–H and O–H groups in total. The smallest absolute Gasteiger partial charge is 0.112 e. The van der Waals surface area contributed by atoms with E-state index in [1.54, 1.807) is 12.4 Å². The Morgan fingerprint density at radius 2 is 1.86 bits per heavy atom. The Balaban J connectivity index is 1.81. The number of aromatic nitrogens is 3. The fourth-order valence-electron chi connectivity index (χ4n) is 2.71. The Labute approximate surface area is 124 Å². The van der Waals surface area contributed by atoms with Crippen molar-refractivity contribution in [1.29, 1.82) is 0 Å². The van der Waals surface area contributed by atoms with Crippen LogP contribution in [0, 0.1) is 0 Å². The minimum Gasteiger partial charge on any atom is -0.392 e. The zero-order valence-electron chi connectivity index (χ0n) is 12.1. The van der Waals surface area contributed by atoms with Gasteiger partial charge in [-0.2, -0.15) is 0 Å². The van der Waals surface area contributed by atoms with Crippen molar-refractivity contribution in [2.24, 2.45) is 0 Å². The molecule has 2 aromatic heterocycles. The number of aliphatic hydroxyl groups is 1. The summed E-state index contributed by atoms with van der Waals surface area (Å²) in [5.74, 6) is 0.945. The summed E-state index contributed by atoms with van der Waals surface area (Å²) < 4.78 is 2.17. The lowest BCUT2D eigenvalue weighted by Gasteiger charge is -2.11. The van der Waals surface area contributed by atoms with E-state index in [2.05, 4.69) is 27.5 Å². The summed E-state index contributed by atoms with van der Waals surface area (Å²) in [5.41, 5.74) is 3.22. The zero-order chi connectivity index (χ0) is 14.7. The minimum absolute atomic E-state index is 0.436. The maximum atomic E-state index is 10.3. The number of hydrogen-bond acceptors (Lipinski definition) is 3. The van der Waals surface area contributed by atoms with Crippen molar-refractivity contribution in [2.75, 3.05) is 0 Å². The molecule has 4 nitrogen and oxygen atoms in total. The van der Waals surface area contributed by atoms with E-state index in [4.69, 9.17) is 0 Å². The van der Waals surface area contributed by atoms with Crippen LogP contribution in [0.5, 0.6) is 0 Å². The Morgan fingerprint density at radius 1 is 1.10 bits per heavy atom. The SMILES string of the molecule is CCn1c(CC(O)Cc2ccncc2)nc2ccccc21. The van der Waals surface area contributed by atoms with Crippen LogP contribution in [0.2, 0.25) is 0 Å². The Morgan fingerprint density at radius 3 is 2.62 bits per heavy atom. The highest BCUT2D eigenvalue weighted by Gasteiger charge is 2.14. The van der Waals surface area contributed by atoms with Gasteiger partial charge in [-0.15, -0.1) is 0 Å². The summed E-state index contributed by atoms with van der Waals surface area (Å²) in [6, 6.07) is 12.0. The van der Waals surface area contributed by atoms with Crippen LogP contribution in [0.4, 0.5) is 0 Å². The predicted molar refractivity (Wildman–Crippen MR) is 83.1 cm³/mol. The van der Waals surface area contributed by atoms with Crippen molar-refractivity contribution in [3.8, 4) is 0 Å². The summed E-state index contributed by atoms with van der Waals surface area (Å²) >= 11 is 0. The molecule has 0 saturated carbocycles. The molecule has 0 saturated heterocycles. The van der Waals surface area contributed by atoms with Gasteiger partial charge in [0.05, 0.1) is 17.1 Å². The van der Waals surface area contributed by atoms with E-state index in [0.717, 1.165) is 29.0 Å². The second-order valence-electron chi connectivity index (χ2n) is 5.18. The lowest BCUT2D eigenvalue weighted by Crippen LogP contribution is -2.17. The average molecular weight is 281 g/mol. The second-order valence-corrected chi connectivity index (χ2v) is 5.18. The van der Waals surface area contributed by atoms with E-state index in [-0.39, 0.29) is 0 Å². The van der Waals surface area contributed by atoms with E-state index in [1.165, 1.54) is 0 Å². The van der Waals surface area contributed by atoms with Crippen LogP contribution in [0.1, 0.15) is 18.3 Å². The number of nitrogens with zero attached hydrogens (tertiary/aromatic N) is 3. The van der Waals surface area contributed by atoms with Crippen molar-refractivity contribution >= 4 is 11.0 Å². The average Bonchev–Trinajstić information content (AvgIpc) is 2.85. The Hall–Kier alpha value is -2.20. The Kier molecular flexibility index (Phi) is 3.97. The number of aryl methyl sites for hydroxylation is 1. The lowest BCUT2D eigenvalue weighted by atomic mass is 10.1. The second kappa shape index (κ2) is 6.06. The predicted octanol–water partition coefficient (Wildman–Crippen LogP) is 2.60. The number of benzene rings is 1. The maximum absolute atomic E-state index is 10.3. The topological polar surface area (TPSA) is 50.9 Å². The molecule has 3 aromatic rings. The first-order chi connectivity index (χ1) is 10.3. The van der Waals surface area contributed by atoms with Crippen molar-refractivity contribution in [3.05, 3.63) is 60.2 Å². The third kappa shape index (κ3) is 2.95. The van der Waals surface area contributed by atoms with Crippen LogP contribution in [0.25, 0.3) is 11.0 Å². The Bertz CT molecular complexity index is 721. The van der Waals surface area contributed by atoms with E-state index < -0.39 is 6.10 Å². The van der Waals surface area contributed by atoms with Gasteiger partial charge in [0, 0.05) is 25.4 Å². The summed E-state index contributed by atoms with van der Waals surface area (Å²) in [6.45, 7) is 2.96. The zero-order valence-corrected chi connectivity index (χ0v) is 12.1. The van der Waals surface area contributed by atoms with E-state index >= 15 is 0 Å². The highest BCUT2D eigenvalue weighted by atomic mass is 16.3. The fraction of sp³-hybridized carbons (Fsp3) is 0.294. The standard InChI is InChI=1S/C17H19N3O/c1-2-20-16-6-4-3-5-15(16)19-17(20)12-14(21)11-13-7-9-18-10-8-13/h3-10,14,21H,2,11-12H2,1H3. The molecule has 0 fully saturated rings. The molecule has 3 rings (SSSR count). The molecule has 0 spiro atoms. The molecule has 0 aliphatic rings. The maximum Gasteiger partial charge on any atom is 0.112 e. The molecule has 1 aromatic carbocycles. The molecule has 21 heavy (non-hydrogen) atoms. The van der Waals surface area contributed by atoms with Gasteiger partial charge in [-0.05, 0) is 43.2 Å². The third-order valence-corrected chi connectivity index (χ3v) is 3.69. The largest absolute Gasteiger partial charge is 0.392 e. The summed E-state index contributed by atoms with van der Waals surface area (Å²) in [6.07, 6.45) is 4.25. The first kappa shape index (κ1) is 13.8. The van der Waals surface area contributed by atoms with Gasteiger partial charge >= 0.3 is 0 Å². The quantitative estimate of drug-likeness (QED) is 0.782. The minimum atomic E-state index is -0.436. The van der Waals surface area contributed by atoms with Crippen LogP contribution in [0.3, 0.4) is 0 Å².